The Morgan fingerprint density at radius 2 is 1.88 bits per heavy atom. The van der Waals surface area contributed by atoms with Crippen molar-refractivity contribution >= 4 is 35.2 Å². The first kappa shape index (κ1) is 16.8. The van der Waals surface area contributed by atoms with Gasteiger partial charge in [0.1, 0.15) is 16.9 Å². The van der Waals surface area contributed by atoms with Crippen LogP contribution in [0.2, 0.25) is 5.15 Å². The Bertz CT molecular complexity index is 737. The zero-order chi connectivity index (χ0) is 16.9. The molecule has 0 unspecified atom stereocenters. The molecule has 6 nitrogen and oxygen atoms in total. The minimum Gasteiger partial charge on any atom is -0.388 e. The number of piperazine rings is 1. The molecule has 3 rings (SSSR count). The molecule has 1 saturated heterocycles. The fourth-order valence-corrected chi connectivity index (χ4v) is 3.50. The van der Waals surface area contributed by atoms with Gasteiger partial charge in [-0.3, -0.25) is 0 Å². The lowest BCUT2D eigenvalue weighted by Gasteiger charge is -2.33. The highest BCUT2D eigenvalue weighted by atomic mass is 35.5. The van der Waals surface area contributed by atoms with Crippen LogP contribution in [0.1, 0.15) is 5.69 Å². The first-order valence-corrected chi connectivity index (χ1v) is 8.73. The lowest BCUT2D eigenvalue weighted by molar-refractivity contribution is 0.426. The van der Waals surface area contributed by atoms with Crippen molar-refractivity contribution in [3.63, 3.8) is 0 Å². The van der Waals surface area contributed by atoms with E-state index in [9.17, 15) is 0 Å². The molecular weight excluding hydrogens is 344 g/mol. The third kappa shape index (κ3) is 4.09. The van der Waals surface area contributed by atoms with Gasteiger partial charge in [0.2, 0.25) is 5.95 Å². The number of rotatable bonds is 4. The molecule has 0 bridgehead atoms. The van der Waals surface area contributed by atoms with E-state index in [1.54, 1.807) is 11.9 Å². The second kappa shape index (κ2) is 7.71. The predicted molar refractivity (Wildman–Crippen MR) is 97.4 cm³/mol. The van der Waals surface area contributed by atoms with Gasteiger partial charge >= 0.3 is 0 Å². The van der Waals surface area contributed by atoms with Crippen LogP contribution in [0, 0.1) is 11.3 Å². The molecule has 0 amide bonds. The molecule has 2 heterocycles. The maximum Gasteiger partial charge on any atom is 0.228 e. The number of nitriles is 1. The van der Waals surface area contributed by atoms with Gasteiger partial charge < -0.3 is 10.2 Å². The number of anilines is 2. The molecule has 2 aromatic rings. The standard InChI is InChI=1S/C16H17ClN6S/c1-19-12-2-4-14(5-3-12)24-23-8-6-22(7-9-23)16-20-13(11-18)10-15(17)21-16/h2-5,10,19H,6-9H2,1H3. The lowest BCUT2D eigenvalue weighted by atomic mass is 10.3. The van der Waals surface area contributed by atoms with Gasteiger partial charge in [0.05, 0.1) is 0 Å². The van der Waals surface area contributed by atoms with E-state index >= 15 is 0 Å². The van der Waals surface area contributed by atoms with E-state index in [-0.39, 0.29) is 0 Å². The summed E-state index contributed by atoms with van der Waals surface area (Å²) in [5.41, 5.74) is 1.40. The number of nitrogens with one attached hydrogen (secondary N) is 1. The van der Waals surface area contributed by atoms with Crippen molar-refractivity contribution in [1.82, 2.24) is 14.3 Å². The summed E-state index contributed by atoms with van der Waals surface area (Å²) < 4.78 is 2.32. The Hall–Kier alpha value is -2.01. The molecule has 1 fully saturated rings. The minimum absolute atomic E-state index is 0.298. The largest absolute Gasteiger partial charge is 0.388 e. The van der Waals surface area contributed by atoms with Crippen LogP contribution >= 0.6 is 23.5 Å². The predicted octanol–water partition coefficient (Wildman–Crippen LogP) is 2.87. The number of benzene rings is 1. The van der Waals surface area contributed by atoms with E-state index < -0.39 is 0 Å². The van der Waals surface area contributed by atoms with Crippen LogP contribution in [0.15, 0.2) is 35.2 Å². The van der Waals surface area contributed by atoms with Gasteiger partial charge in [-0.15, -0.1) is 0 Å². The number of halogens is 1. The molecule has 124 valence electrons. The third-order valence-corrected chi connectivity index (χ3v) is 5.00. The Labute approximate surface area is 150 Å². The molecule has 0 radical (unpaired) electrons. The zero-order valence-corrected chi connectivity index (χ0v) is 14.8. The van der Waals surface area contributed by atoms with E-state index in [1.165, 1.54) is 11.0 Å². The summed E-state index contributed by atoms with van der Waals surface area (Å²) in [6.45, 7) is 3.37. The van der Waals surface area contributed by atoms with Crippen LogP contribution in [0.4, 0.5) is 11.6 Å². The summed E-state index contributed by atoms with van der Waals surface area (Å²) in [6, 6.07) is 11.9. The topological polar surface area (TPSA) is 68.1 Å². The Morgan fingerprint density at radius 3 is 2.50 bits per heavy atom. The van der Waals surface area contributed by atoms with E-state index in [2.05, 4.69) is 48.8 Å². The molecule has 0 atom stereocenters. The minimum atomic E-state index is 0.298. The summed E-state index contributed by atoms with van der Waals surface area (Å²) >= 11 is 7.71. The van der Waals surface area contributed by atoms with E-state index in [4.69, 9.17) is 16.9 Å². The Morgan fingerprint density at radius 1 is 1.17 bits per heavy atom. The lowest BCUT2D eigenvalue weighted by Crippen LogP contribution is -2.44. The van der Waals surface area contributed by atoms with Gasteiger partial charge in [0.25, 0.3) is 0 Å². The van der Waals surface area contributed by atoms with Gasteiger partial charge in [-0.1, -0.05) is 11.6 Å². The maximum absolute atomic E-state index is 8.99. The number of aromatic nitrogens is 2. The summed E-state index contributed by atoms with van der Waals surface area (Å²) in [7, 11) is 1.91. The summed E-state index contributed by atoms with van der Waals surface area (Å²) in [5, 5.41) is 12.4. The molecule has 8 heteroatoms. The normalized spacial score (nSPS) is 15.1. The summed E-state index contributed by atoms with van der Waals surface area (Å²) in [6.07, 6.45) is 0. The molecule has 1 aliphatic rings. The molecule has 24 heavy (non-hydrogen) atoms. The number of hydrogen-bond donors (Lipinski definition) is 1. The zero-order valence-electron chi connectivity index (χ0n) is 13.2. The highest BCUT2D eigenvalue weighted by Gasteiger charge is 2.20. The van der Waals surface area contributed by atoms with Crippen molar-refractivity contribution in [2.45, 2.75) is 4.90 Å². The smallest absolute Gasteiger partial charge is 0.228 e. The first-order chi connectivity index (χ1) is 11.7. The SMILES string of the molecule is CNc1ccc(SN2CCN(c3nc(Cl)cc(C#N)n3)CC2)cc1. The molecule has 0 saturated carbocycles. The summed E-state index contributed by atoms with van der Waals surface area (Å²) in [5.74, 6) is 0.530. The van der Waals surface area contributed by atoms with Crippen molar-refractivity contribution in [2.24, 2.45) is 0 Å². The average molecular weight is 361 g/mol. The average Bonchev–Trinajstić information content (AvgIpc) is 2.62. The maximum atomic E-state index is 8.99. The van der Waals surface area contributed by atoms with Crippen molar-refractivity contribution in [1.29, 1.82) is 5.26 Å². The highest BCUT2D eigenvalue weighted by molar-refractivity contribution is 7.97. The van der Waals surface area contributed by atoms with Gasteiger partial charge in [-0.05, 0) is 36.2 Å². The number of hydrogen-bond acceptors (Lipinski definition) is 7. The van der Waals surface area contributed by atoms with Crippen molar-refractivity contribution in [2.75, 3.05) is 43.4 Å². The Balaban J connectivity index is 1.59. The van der Waals surface area contributed by atoms with Crippen LogP contribution < -0.4 is 10.2 Å². The molecule has 1 aromatic carbocycles. The van der Waals surface area contributed by atoms with Crippen LogP contribution in [0.3, 0.4) is 0 Å². The molecule has 1 aliphatic heterocycles. The quantitative estimate of drug-likeness (QED) is 0.664. The molecular formula is C16H17ClN6S. The number of nitrogens with zero attached hydrogens (tertiary/aromatic N) is 5. The van der Waals surface area contributed by atoms with Gasteiger partial charge in [0, 0.05) is 49.9 Å². The first-order valence-electron chi connectivity index (χ1n) is 7.58. The monoisotopic (exact) mass is 360 g/mol. The second-order valence-corrected chi connectivity index (χ2v) is 6.83. The highest BCUT2D eigenvalue weighted by Crippen LogP contribution is 2.26. The van der Waals surface area contributed by atoms with Crippen molar-refractivity contribution in [3.05, 3.63) is 41.2 Å². The molecule has 0 aliphatic carbocycles. The van der Waals surface area contributed by atoms with Crippen LogP contribution in [0.25, 0.3) is 0 Å². The third-order valence-electron chi connectivity index (χ3n) is 3.70. The fraction of sp³-hybridized carbons (Fsp3) is 0.312. The van der Waals surface area contributed by atoms with Crippen LogP contribution in [-0.2, 0) is 0 Å². The van der Waals surface area contributed by atoms with E-state index in [0.29, 0.717) is 16.8 Å². The van der Waals surface area contributed by atoms with E-state index in [1.807, 2.05) is 13.1 Å². The van der Waals surface area contributed by atoms with E-state index in [0.717, 1.165) is 31.9 Å². The Kier molecular flexibility index (Phi) is 5.41. The van der Waals surface area contributed by atoms with Gasteiger partial charge in [-0.2, -0.15) is 5.26 Å². The van der Waals surface area contributed by atoms with Crippen LogP contribution in [-0.4, -0.2) is 47.5 Å². The summed E-state index contributed by atoms with van der Waals surface area (Å²) in [4.78, 5) is 11.8. The fourth-order valence-electron chi connectivity index (χ4n) is 2.42. The van der Waals surface area contributed by atoms with Crippen molar-refractivity contribution < 1.29 is 0 Å². The van der Waals surface area contributed by atoms with Gasteiger partial charge in [0.15, 0.2) is 0 Å². The van der Waals surface area contributed by atoms with Gasteiger partial charge in [-0.25, -0.2) is 14.3 Å². The van der Waals surface area contributed by atoms with Crippen molar-refractivity contribution in [3.8, 4) is 6.07 Å². The molecule has 1 N–H and O–H groups in total. The molecule has 1 aromatic heterocycles. The second-order valence-electron chi connectivity index (χ2n) is 5.27. The molecule has 0 spiro atoms. The van der Waals surface area contributed by atoms with Crippen LogP contribution in [0.5, 0.6) is 0 Å².